The second-order valence-corrected chi connectivity index (χ2v) is 2.68. The number of ether oxygens (including phenoxy) is 2. The molecule has 4 nitrogen and oxygen atoms in total. The minimum absolute atomic E-state index is 0.394. The second-order valence-electron chi connectivity index (χ2n) is 2.68. The van der Waals surface area contributed by atoms with Crippen molar-refractivity contribution in [3.8, 4) is 0 Å². The fraction of sp³-hybridized carbons (Fsp3) is 0.300. The number of rotatable bonds is 4. The van der Waals surface area contributed by atoms with Gasteiger partial charge in [0.05, 0.1) is 0 Å². The molecule has 1 radical (unpaired) electrons. The van der Waals surface area contributed by atoms with E-state index in [1.165, 1.54) is 14.2 Å². The van der Waals surface area contributed by atoms with Crippen molar-refractivity contribution < 1.29 is 19.4 Å². The Bertz CT molecular complexity index is 303. The van der Waals surface area contributed by atoms with Crippen molar-refractivity contribution in [2.75, 3.05) is 14.2 Å². The molecule has 0 heterocycles. The molecule has 0 bridgehead atoms. The first-order valence-electron chi connectivity index (χ1n) is 4.04. The molecule has 0 saturated carbocycles. The third-order valence-corrected chi connectivity index (χ3v) is 2.00. The first kappa shape index (κ1) is 10.7. The Kier molecular flexibility index (Phi) is 3.22. The number of carbonyl (C=O) groups excluding carboxylic acids is 1. The molecule has 1 aromatic rings. The number of hydrogen-bond acceptors (Lipinski definition) is 3. The van der Waals surface area contributed by atoms with E-state index in [0.717, 1.165) is 0 Å². The summed E-state index contributed by atoms with van der Waals surface area (Å²) >= 11 is 0. The fourth-order valence-electron chi connectivity index (χ4n) is 1.26. The lowest BCUT2D eigenvalue weighted by Crippen LogP contribution is -2.38. The summed E-state index contributed by atoms with van der Waals surface area (Å²) in [6.07, 6.45) is 0. The summed E-state index contributed by atoms with van der Waals surface area (Å²) < 4.78 is 9.70. The maximum absolute atomic E-state index is 10.9. The fourth-order valence-corrected chi connectivity index (χ4v) is 1.26. The van der Waals surface area contributed by atoms with E-state index >= 15 is 0 Å². The molecule has 0 unspecified atom stereocenters. The highest BCUT2D eigenvalue weighted by Crippen LogP contribution is 2.26. The lowest BCUT2D eigenvalue weighted by atomic mass is 10.1. The number of hydrogen-bond donors (Lipinski definition) is 0. The van der Waals surface area contributed by atoms with Crippen LogP contribution in [0.25, 0.3) is 0 Å². The van der Waals surface area contributed by atoms with Gasteiger partial charge in [-0.15, -0.1) is 0 Å². The van der Waals surface area contributed by atoms with E-state index in [2.05, 4.69) is 0 Å². The van der Waals surface area contributed by atoms with E-state index in [1.807, 2.05) is 0 Å². The SMILES string of the molecule is COC(OC)(C([O])=O)c1ccccc1. The van der Waals surface area contributed by atoms with Gasteiger partial charge in [-0.25, -0.2) is 9.90 Å². The Hall–Kier alpha value is -1.39. The van der Waals surface area contributed by atoms with Crippen LogP contribution in [0.15, 0.2) is 30.3 Å². The topological polar surface area (TPSA) is 55.4 Å². The van der Waals surface area contributed by atoms with Gasteiger partial charge in [0.25, 0.3) is 0 Å². The van der Waals surface area contributed by atoms with Crippen LogP contribution >= 0.6 is 0 Å². The Morgan fingerprint density at radius 1 is 1.14 bits per heavy atom. The van der Waals surface area contributed by atoms with Gasteiger partial charge in [0.2, 0.25) is 0 Å². The summed E-state index contributed by atoms with van der Waals surface area (Å²) in [7, 11) is 2.51. The first-order valence-corrected chi connectivity index (χ1v) is 4.04. The van der Waals surface area contributed by atoms with Gasteiger partial charge in [0.15, 0.2) is 0 Å². The molecule has 0 atom stereocenters. The van der Waals surface area contributed by atoms with Crippen molar-refractivity contribution in [2.45, 2.75) is 5.79 Å². The third kappa shape index (κ3) is 1.62. The maximum Gasteiger partial charge on any atom is 0.419 e. The Balaban J connectivity index is 3.18. The van der Waals surface area contributed by atoms with Crippen molar-refractivity contribution in [3.63, 3.8) is 0 Å². The summed E-state index contributed by atoms with van der Waals surface area (Å²) in [6.45, 7) is 0. The zero-order chi connectivity index (χ0) is 10.6. The van der Waals surface area contributed by atoms with E-state index in [9.17, 15) is 9.90 Å². The van der Waals surface area contributed by atoms with E-state index in [0.29, 0.717) is 5.56 Å². The highest BCUT2D eigenvalue weighted by atomic mass is 16.7. The second kappa shape index (κ2) is 4.21. The molecular weight excluding hydrogens is 184 g/mol. The molecular formula is C10H11O4. The van der Waals surface area contributed by atoms with Gasteiger partial charge in [-0.1, -0.05) is 30.3 Å². The molecule has 0 saturated heterocycles. The summed E-state index contributed by atoms with van der Waals surface area (Å²) in [6, 6.07) is 8.37. The standard InChI is InChI=1S/C10H11O4/c1-13-10(14-2,9(11)12)8-6-4-3-5-7-8/h3-7H,1-2H3. The lowest BCUT2D eigenvalue weighted by Gasteiger charge is -2.24. The van der Waals surface area contributed by atoms with Crippen LogP contribution in [0.2, 0.25) is 0 Å². The summed E-state index contributed by atoms with van der Waals surface area (Å²) in [5.74, 6) is -3.24. The van der Waals surface area contributed by atoms with Gasteiger partial charge < -0.3 is 9.47 Å². The average Bonchev–Trinajstić information content (AvgIpc) is 2.22. The molecule has 0 fully saturated rings. The predicted molar refractivity (Wildman–Crippen MR) is 47.8 cm³/mol. The minimum atomic E-state index is -1.82. The molecule has 0 N–H and O–H groups in total. The number of benzene rings is 1. The molecule has 75 valence electrons. The molecule has 14 heavy (non-hydrogen) atoms. The Morgan fingerprint density at radius 2 is 1.64 bits per heavy atom. The van der Waals surface area contributed by atoms with E-state index in [-0.39, 0.29) is 0 Å². The smallest absolute Gasteiger partial charge is 0.340 e. The van der Waals surface area contributed by atoms with Gasteiger partial charge in [-0.3, -0.25) is 0 Å². The van der Waals surface area contributed by atoms with Crippen LogP contribution in [-0.2, 0) is 25.2 Å². The van der Waals surface area contributed by atoms with Crippen molar-refractivity contribution in [3.05, 3.63) is 35.9 Å². The third-order valence-electron chi connectivity index (χ3n) is 2.00. The molecule has 4 heteroatoms. The monoisotopic (exact) mass is 195 g/mol. The van der Waals surface area contributed by atoms with Crippen LogP contribution in [0.3, 0.4) is 0 Å². The predicted octanol–water partition coefficient (Wildman–Crippen LogP) is 1.09. The van der Waals surface area contributed by atoms with E-state index in [1.54, 1.807) is 30.3 Å². The molecule has 1 aromatic carbocycles. The van der Waals surface area contributed by atoms with Crippen molar-refractivity contribution in [1.29, 1.82) is 0 Å². The van der Waals surface area contributed by atoms with Crippen LogP contribution in [0.5, 0.6) is 0 Å². The van der Waals surface area contributed by atoms with Gasteiger partial charge in [-0.05, 0) is 0 Å². The van der Waals surface area contributed by atoms with Gasteiger partial charge >= 0.3 is 11.8 Å². The Morgan fingerprint density at radius 3 is 2.00 bits per heavy atom. The van der Waals surface area contributed by atoms with Gasteiger partial charge in [0, 0.05) is 19.8 Å². The van der Waals surface area contributed by atoms with Crippen molar-refractivity contribution in [1.82, 2.24) is 0 Å². The van der Waals surface area contributed by atoms with Crippen molar-refractivity contribution in [2.24, 2.45) is 0 Å². The molecule has 0 aromatic heterocycles. The number of methoxy groups -OCH3 is 2. The van der Waals surface area contributed by atoms with Crippen molar-refractivity contribution >= 4 is 5.97 Å². The minimum Gasteiger partial charge on any atom is -0.340 e. The van der Waals surface area contributed by atoms with Crippen LogP contribution in [0, 0.1) is 0 Å². The average molecular weight is 195 g/mol. The van der Waals surface area contributed by atoms with E-state index < -0.39 is 11.8 Å². The lowest BCUT2D eigenvalue weighted by molar-refractivity contribution is -0.236. The van der Waals surface area contributed by atoms with Crippen LogP contribution < -0.4 is 0 Å². The molecule has 0 amide bonds. The molecule has 1 rings (SSSR count). The van der Waals surface area contributed by atoms with Gasteiger partial charge in [-0.2, -0.15) is 0 Å². The zero-order valence-electron chi connectivity index (χ0n) is 8.02. The highest BCUT2D eigenvalue weighted by molar-refractivity contribution is 5.77. The normalized spacial score (nSPS) is 11.3. The quantitative estimate of drug-likeness (QED) is 0.676. The van der Waals surface area contributed by atoms with Crippen LogP contribution in [0.1, 0.15) is 5.56 Å². The first-order chi connectivity index (χ1) is 6.67. The maximum atomic E-state index is 10.9. The Labute approximate surface area is 82.1 Å². The molecule has 0 spiro atoms. The molecule has 0 aliphatic rings. The summed E-state index contributed by atoms with van der Waals surface area (Å²) in [4.78, 5) is 10.9. The number of carbonyl (C=O) groups is 1. The molecule has 0 aliphatic carbocycles. The largest absolute Gasteiger partial charge is 0.419 e. The summed E-state index contributed by atoms with van der Waals surface area (Å²) in [5, 5.41) is 10.9. The molecule has 0 aliphatic heterocycles. The zero-order valence-corrected chi connectivity index (χ0v) is 8.02. The van der Waals surface area contributed by atoms with Crippen LogP contribution in [-0.4, -0.2) is 20.2 Å². The highest BCUT2D eigenvalue weighted by Gasteiger charge is 2.42. The van der Waals surface area contributed by atoms with E-state index in [4.69, 9.17) is 9.47 Å². The summed E-state index contributed by atoms with van der Waals surface area (Å²) in [5.41, 5.74) is 0.394. The van der Waals surface area contributed by atoms with Crippen LogP contribution in [0.4, 0.5) is 0 Å². The van der Waals surface area contributed by atoms with Gasteiger partial charge in [0.1, 0.15) is 0 Å².